The van der Waals surface area contributed by atoms with Gasteiger partial charge in [0.2, 0.25) is 0 Å². The Morgan fingerprint density at radius 1 is 0.758 bits per heavy atom. The smallest absolute Gasteiger partial charge is 0.0249 e. The molecule has 2 aromatic rings. The van der Waals surface area contributed by atoms with Crippen LogP contribution in [-0.2, 0) is 6.42 Å². The lowest BCUT2D eigenvalue weighted by atomic mass is 9.68. The molecule has 0 unspecified atom stereocenters. The van der Waals surface area contributed by atoms with Crippen molar-refractivity contribution in [2.45, 2.75) is 89.9 Å². The van der Waals surface area contributed by atoms with Gasteiger partial charge in [0.25, 0.3) is 0 Å². The van der Waals surface area contributed by atoms with Crippen LogP contribution in [0.15, 0.2) is 61.2 Å². The molecule has 2 saturated carbocycles. The third-order valence-electron chi connectivity index (χ3n) is 8.33. The molecule has 33 heavy (non-hydrogen) atoms. The van der Waals surface area contributed by atoms with Gasteiger partial charge in [0.1, 0.15) is 0 Å². The van der Waals surface area contributed by atoms with Crippen LogP contribution in [0.5, 0.6) is 0 Å². The van der Waals surface area contributed by atoms with E-state index < -0.39 is 0 Å². The number of aryl methyl sites for hydroxylation is 1. The molecule has 2 aliphatic carbocycles. The molecule has 0 bridgehead atoms. The van der Waals surface area contributed by atoms with E-state index in [-0.39, 0.29) is 0 Å². The molecule has 2 fully saturated rings. The van der Waals surface area contributed by atoms with Crippen molar-refractivity contribution in [1.29, 1.82) is 0 Å². The minimum Gasteiger partial charge on any atom is -0.103 e. The number of allylic oxidation sites excluding steroid dienone is 1. The molecule has 2 aliphatic rings. The molecule has 0 spiro atoms. The average molecular weight is 439 g/mol. The Morgan fingerprint density at radius 3 is 1.85 bits per heavy atom. The van der Waals surface area contributed by atoms with Gasteiger partial charge >= 0.3 is 0 Å². The van der Waals surface area contributed by atoms with Gasteiger partial charge in [-0.15, -0.1) is 6.58 Å². The number of hydrogen-bond donors (Lipinski definition) is 0. The summed E-state index contributed by atoms with van der Waals surface area (Å²) in [6, 6.07) is 17.9. The van der Waals surface area contributed by atoms with Crippen LogP contribution in [-0.4, -0.2) is 0 Å². The van der Waals surface area contributed by atoms with Gasteiger partial charge in [-0.05, 0) is 117 Å². The molecule has 174 valence electrons. The van der Waals surface area contributed by atoms with E-state index in [1.807, 2.05) is 0 Å². The summed E-state index contributed by atoms with van der Waals surface area (Å²) in [7, 11) is 0. The lowest BCUT2D eigenvalue weighted by molar-refractivity contribution is 0.157. The summed E-state index contributed by atoms with van der Waals surface area (Å²) in [5, 5.41) is 0. The molecule has 4 rings (SSSR count). The first-order chi connectivity index (χ1) is 16.2. The molecule has 0 atom stereocenters. The highest BCUT2D eigenvalue weighted by molar-refractivity contribution is 5.44. The Morgan fingerprint density at radius 2 is 1.30 bits per heavy atom. The molecule has 2 aromatic carbocycles. The van der Waals surface area contributed by atoms with Gasteiger partial charge in [0.05, 0.1) is 0 Å². The third kappa shape index (κ3) is 6.86. The summed E-state index contributed by atoms with van der Waals surface area (Å²) < 4.78 is 0. The summed E-state index contributed by atoms with van der Waals surface area (Å²) in [4.78, 5) is 0. The SMILES string of the molecule is C=CCCC1CCC(C2CCC(c3ccc(C#Cc4ccc(CCC)cc4)cc3)CC2)CC1. The van der Waals surface area contributed by atoms with Crippen LogP contribution in [0.2, 0.25) is 0 Å². The molecule has 0 heterocycles. The van der Waals surface area contributed by atoms with Gasteiger partial charge in [-0.3, -0.25) is 0 Å². The van der Waals surface area contributed by atoms with E-state index in [1.165, 1.54) is 81.8 Å². The molecular weight excluding hydrogens is 396 g/mol. The molecule has 0 radical (unpaired) electrons. The maximum absolute atomic E-state index is 3.89. The first kappa shape index (κ1) is 23.9. The monoisotopic (exact) mass is 438 g/mol. The van der Waals surface area contributed by atoms with Crippen molar-refractivity contribution in [1.82, 2.24) is 0 Å². The van der Waals surface area contributed by atoms with Gasteiger partial charge in [-0.2, -0.15) is 0 Å². The maximum Gasteiger partial charge on any atom is 0.0249 e. The van der Waals surface area contributed by atoms with Crippen LogP contribution in [0.1, 0.15) is 106 Å². The van der Waals surface area contributed by atoms with Crippen molar-refractivity contribution >= 4 is 0 Å². The first-order valence-electron chi connectivity index (χ1n) is 13.6. The minimum absolute atomic E-state index is 0.748. The van der Waals surface area contributed by atoms with Gasteiger partial charge in [0.15, 0.2) is 0 Å². The standard InChI is InChI=1S/C33H42/c1-3-5-7-27-14-18-30(19-15-27)32-22-24-33(25-23-32)31-20-16-29(17-21-31)13-12-28-10-8-26(6-4-2)9-11-28/h3,8-11,16-17,20-21,27,30,32-33H,1,4-7,14-15,18-19,22-25H2,2H3. The molecule has 0 heteroatoms. The Hall–Kier alpha value is -2.26. The van der Waals surface area contributed by atoms with Gasteiger partial charge in [0, 0.05) is 11.1 Å². The highest BCUT2D eigenvalue weighted by Crippen LogP contribution is 2.44. The lowest BCUT2D eigenvalue weighted by Gasteiger charge is -2.38. The van der Waals surface area contributed by atoms with E-state index in [4.69, 9.17) is 0 Å². The highest BCUT2D eigenvalue weighted by atomic mass is 14.4. The van der Waals surface area contributed by atoms with Gasteiger partial charge < -0.3 is 0 Å². The van der Waals surface area contributed by atoms with Crippen LogP contribution >= 0.6 is 0 Å². The minimum atomic E-state index is 0.748. The van der Waals surface area contributed by atoms with Crippen LogP contribution in [0, 0.1) is 29.6 Å². The van der Waals surface area contributed by atoms with E-state index in [0.717, 1.165) is 41.2 Å². The predicted octanol–water partition coefficient (Wildman–Crippen LogP) is 9.09. The molecular formula is C33H42. The fourth-order valence-electron chi connectivity index (χ4n) is 6.25. The Bertz CT molecular complexity index is 905. The van der Waals surface area contributed by atoms with Gasteiger partial charge in [-0.1, -0.05) is 68.4 Å². The molecule has 0 aromatic heterocycles. The molecule has 0 nitrogen and oxygen atoms in total. The second kappa shape index (κ2) is 12.3. The fourth-order valence-corrected chi connectivity index (χ4v) is 6.25. The fraction of sp³-hybridized carbons (Fsp3) is 0.515. The van der Waals surface area contributed by atoms with Crippen molar-refractivity contribution in [3.8, 4) is 11.8 Å². The third-order valence-corrected chi connectivity index (χ3v) is 8.33. The zero-order valence-corrected chi connectivity index (χ0v) is 20.7. The lowest BCUT2D eigenvalue weighted by Crippen LogP contribution is -2.25. The Kier molecular flexibility index (Phi) is 8.88. The van der Waals surface area contributed by atoms with Crippen LogP contribution in [0.3, 0.4) is 0 Å². The van der Waals surface area contributed by atoms with Crippen LogP contribution in [0.25, 0.3) is 0 Å². The van der Waals surface area contributed by atoms with E-state index >= 15 is 0 Å². The maximum atomic E-state index is 3.89. The van der Waals surface area contributed by atoms with Crippen molar-refractivity contribution in [2.24, 2.45) is 17.8 Å². The Labute approximate surface area is 202 Å². The van der Waals surface area contributed by atoms with Gasteiger partial charge in [-0.25, -0.2) is 0 Å². The zero-order valence-electron chi connectivity index (χ0n) is 20.7. The number of hydrogen-bond acceptors (Lipinski definition) is 0. The normalized spacial score (nSPS) is 25.1. The number of benzene rings is 2. The van der Waals surface area contributed by atoms with Crippen molar-refractivity contribution in [2.75, 3.05) is 0 Å². The highest BCUT2D eigenvalue weighted by Gasteiger charge is 2.31. The topological polar surface area (TPSA) is 0 Å². The number of rotatable bonds is 7. The summed E-state index contributed by atoms with van der Waals surface area (Å²) >= 11 is 0. The second-order valence-electron chi connectivity index (χ2n) is 10.6. The molecule has 0 N–H and O–H groups in total. The van der Waals surface area contributed by atoms with E-state index in [0.29, 0.717) is 0 Å². The van der Waals surface area contributed by atoms with E-state index in [2.05, 4.69) is 80.0 Å². The van der Waals surface area contributed by atoms with Crippen LogP contribution in [0.4, 0.5) is 0 Å². The summed E-state index contributed by atoms with van der Waals surface area (Å²) in [6.07, 6.45) is 18.5. The second-order valence-corrected chi connectivity index (χ2v) is 10.6. The molecule has 0 saturated heterocycles. The quantitative estimate of drug-likeness (QED) is 0.299. The summed E-state index contributed by atoms with van der Waals surface area (Å²) in [5.74, 6) is 10.4. The van der Waals surface area contributed by atoms with Crippen molar-refractivity contribution in [3.63, 3.8) is 0 Å². The molecule has 0 amide bonds. The summed E-state index contributed by atoms with van der Waals surface area (Å²) in [6.45, 7) is 6.12. The van der Waals surface area contributed by atoms with E-state index in [1.54, 1.807) is 0 Å². The summed E-state index contributed by atoms with van der Waals surface area (Å²) in [5.41, 5.74) is 5.15. The van der Waals surface area contributed by atoms with Crippen molar-refractivity contribution < 1.29 is 0 Å². The largest absolute Gasteiger partial charge is 0.103 e. The van der Waals surface area contributed by atoms with Crippen molar-refractivity contribution in [3.05, 3.63) is 83.4 Å². The zero-order chi connectivity index (χ0) is 22.9. The average Bonchev–Trinajstić information content (AvgIpc) is 2.88. The Balaban J connectivity index is 1.25. The predicted molar refractivity (Wildman–Crippen MR) is 142 cm³/mol. The van der Waals surface area contributed by atoms with E-state index in [9.17, 15) is 0 Å². The molecule has 0 aliphatic heterocycles. The first-order valence-corrected chi connectivity index (χ1v) is 13.6. The van der Waals surface area contributed by atoms with Crippen LogP contribution < -0.4 is 0 Å².